The van der Waals surface area contributed by atoms with E-state index >= 15 is 0 Å². The van der Waals surface area contributed by atoms with Crippen molar-refractivity contribution < 1.29 is 13.2 Å². The van der Waals surface area contributed by atoms with Gasteiger partial charge in [0.1, 0.15) is 10.7 Å². The number of amides is 1. The Morgan fingerprint density at radius 1 is 1.18 bits per heavy atom. The highest BCUT2D eigenvalue weighted by Crippen LogP contribution is 2.35. The summed E-state index contributed by atoms with van der Waals surface area (Å²) in [5, 5.41) is 2.87. The number of nitrogens with one attached hydrogen (secondary N) is 1. The number of aromatic nitrogens is 1. The van der Waals surface area contributed by atoms with Crippen molar-refractivity contribution in [3.05, 3.63) is 53.9 Å². The van der Waals surface area contributed by atoms with Crippen LogP contribution in [-0.4, -0.2) is 31.7 Å². The van der Waals surface area contributed by atoms with Crippen molar-refractivity contribution in [3.8, 4) is 0 Å². The molecule has 8 heteroatoms. The monoisotopic (exact) mass is 398 g/mol. The van der Waals surface area contributed by atoms with Crippen LogP contribution in [-0.2, 0) is 10.0 Å². The van der Waals surface area contributed by atoms with Crippen LogP contribution in [0, 0.1) is 0 Å². The molecule has 0 unspecified atom stereocenters. The van der Waals surface area contributed by atoms with Crippen molar-refractivity contribution in [2.75, 3.05) is 11.4 Å². The summed E-state index contributed by atoms with van der Waals surface area (Å²) >= 11 is 0. The van der Waals surface area contributed by atoms with E-state index in [0.717, 1.165) is 31.5 Å². The number of benzene rings is 1. The van der Waals surface area contributed by atoms with Crippen LogP contribution in [0.5, 0.6) is 0 Å². The molecule has 0 saturated carbocycles. The summed E-state index contributed by atoms with van der Waals surface area (Å²) in [4.78, 5) is 19.0. The number of anilines is 1. The maximum Gasteiger partial charge on any atom is 0.286 e. The van der Waals surface area contributed by atoms with Crippen LogP contribution in [0.4, 0.5) is 5.69 Å². The summed E-state index contributed by atoms with van der Waals surface area (Å²) in [5.74, 6) is 0.257. The van der Waals surface area contributed by atoms with Gasteiger partial charge in [-0.15, -0.1) is 4.40 Å². The number of amidine groups is 1. The third-order valence-corrected chi connectivity index (χ3v) is 6.42. The van der Waals surface area contributed by atoms with Crippen LogP contribution < -0.4 is 10.2 Å². The average molecular weight is 398 g/mol. The van der Waals surface area contributed by atoms with Gasteiger partial charge in [0.05, 0.1) is 17.4 Å². The molecule has 1 N–H and O–H groups in total. The van der Waals surface area contributed by atoms with E-state index in [1.807, 2.05) is 30.0 Å². The molecule has 7 nitrogen and oxygen atoms in total. The smallest absolute Gasteiger partial charge is 0.286 e. The Morgan fingerprint density at radius 2 is 2.04 bits per heavy atom. The molecule has 0 radical (unpaired) electrons. The second-order valence-electron chi connectivity index (χ2n) is 7.08. The van der Waals surface area contributed by atoms with Crippen LogP contribution in [0.2, 0.25) is 0 Å². The molecule has 1 saturated heterocycles. The van der Waals surface area contributed by atoms with E-state index in [9.17, 15) is 13.2 Å². The van der Waals surface area contributed by atoms with E-state index in [0.29, 0.717) is 23.5 Å². The molecule has 146 valence electrons. The molecule has 1 aromatic carbocycles. The molecular formula is C20H22N4O3S. The Balaban J connectivity index is 1.63. The predicted molar refractivity (Wildman–Crippen MR) is 107 cm³/mol. The van der Waals surface area contributed by atoms with Crippen LogP contribution in [0.1, 0.15) is 54.7 Å². The number of sulfonamides is 1. The van der Waals surface area contributed by atoms with Crippen molar-refractivity contribution in [3.63, 3.8) is 0 Å². The summed E-state index contributed by atoms with van der Waals surface area (Å²) in [7, 11) is -3.81. The third kappa shape index (κ3) is 3.52. The van der Waals surface area contributed by atoms with Crippen molar-refractivity contribution in [1.29, 1.82) is 0 Å². The Kier molecular flexibility index (Phi) is 4.89. The lowest BCUT2D eigenvalue weighted by Crippen LogP contribution is -2.35. The van der Waals surface area contributed by atoms with Crippen LogP contribution in [0.15, 0.2) is 51.9 Å². The fourth-order valence-corrected chi connectivity index (χ4v) is 4.89. The Morgan fingerprint density at radius 3 is 2.82 bits per heavy atom. The molecule has 0 aliphatic carbocycles. The number of carbonyl (C=O) groups is 1. The van der Waals surface area contributed by atoms with Crippen LogP contribution >= 0.6 is 0 Å². The fraction of sp³-hybridized carbons (Fsp3) is 0.350. The Hall–Kier alpha value is -2.74. The van der Waals surface area contributed by atoms with Gasteiger partial charge in [-0.2, -0.15) is 8.42 Å². The summed E-state index contributed by atoms with van der Waals surface area (Å²) in [6, 6.07) is 10.0. The minimum atomic E-state index is -3.81. The first kappa shape index (κ1) is 18.6. The first-order valence-corrected chi connectivity index (χ1v) is 10.9. The van der Waals surface area contributed by atoms with Gasteiger partial charge in [-0.05, 0) is 50.1 Å². The number of hydrogen-bond acceptors (Lipinski definition) is 5. The van der Waals surface area contributed by atoms with Gasteiger partial charge in [0.25, 0.3) is 15.9 Å². The van der Waals surface area contributed by atoms with Gasteiger partial charge in [-0.3, -0.25) is 9.78 Å². The van der Waals surface area contributed by atoms with E-state index in [-0.39, 0.29) is 16.8 Å². The molecule has 1 fully saturated rings. The molecule has 4 rings (SSSR count). The molecule has 0 spiro atoms. The quantitative estimate of drug-likeness (QED) is 0.858. The lowest BCUT2D eigenvalue weighted by atomic mass is 10.1. The van der Waals surface area contributed by atoms with Gasteiger partial charge >= 0.3 is 0 Å². The molecule has 1 amide bonds. The topological polar surface area (TPSA) is 91.7 Å². The van der Waals surface area contributed by atoms with E-state index in [4.69, 9.17) is 0 Å². The zero-order chi connectivity index (χ0) is 19.7. The minimum absolute atomic E-state index is 0.0938. The zero-order valence-electron chi connectivity index (χ0n) is 15.6. The van der Waals surface area contributed by atoms with Crippen molar-refractivity contribution in [1.82, 2.24) is 10.3 Å². The Labute approximate surface area is 164 Å². The van der Waals surface area contributed by atoms with Gasteiger partial charge in [-0.1, -0.05) is 12.5 Å². The number of carbonyl (C=O) groups excluding carboxylic acids is 1. The first-order valence-electron chi connectivity index (χ1n) is 9.43. The number of pyridine rings is 1. The van der Waals surface area contributed by atoms with Crippen molar-refractivity contribution >= 4 is 27.5 Å². The summed E-state index contributed by atoms with van der Waals surface area (Å²) in [6.07, 6.45) is 5.30. The standard InChI is InChI=1S/C20H22N4O3S/c1-14(16-7-4-5-11-21-16)22-20(25)15-9-10-17-18(13-15)28(26,27)23-19-8-3-2-6-12-24(17)19/h4-5,7,9-11,13-14H,2-3,6,8,12H2,1H3,(H,22,25)/t14-/m1/s1. The largest absolute Gasteiger partial charge is 0.344 e. The molecule has 1 atom stereocenters. The van der Waals surface area contributed by atoms with Gasteiger partial charge < -0.3 is 10.2 Å². The molecule has 2 aliphatic rings. The van der Waals surface area contributed by atoms with Gasteiger partial charge in [0, 0.05) is 24.7 Å². The molecule has 28 heavy (non-hydrogen) atoms. The summed E-state index contributed by atoms with van der Waals surface area (Å²) in [5.41, 5.74) is 1.64. The normalized spacial score (nSPS) is 18.9. The molecule has 2 aromatic rings. The highest BCUT2D eigenvalue weighted by atomic mass is 32.2. The van der Waals surface area contributed by atoms with E-state index in [1.165, 1.54) is 6.07 Å². The average Bonchev–Trinajstić information content (AvgIpc) is 2.93. The van der Waals surface area contributed by atoms with E-state index in [2.05, 4.69) is 14.7 Å². The summed E-state index contributed by atoms with van der Waals surface area (Å²) in [6.45, 7) is 2.58. The second kappa shape index (κ2) is 7.35. The van der Waals surface area contributed by atoms with Crippen LogP contribution in [0.25, 0.3) is 0 Å². The van der Waals surface area contributed by atoms with Crippen molar-refractivity contribution in [2.24, 2.45) is 4.40 Å². The molecule has 3 heterocycles. The first-order chi connectivity index (χ1) is 13.5. The van der Waals surface area contributed by atoms with Gasteiger partial charge in [0.2, 0.25) is 0 Å². The number of fused-ring (bicyclic) bond motifs is 3. The lowest BCUT2D eigenvalue weighted by Gasteiger charge is -2.29. The zero-order valence-corrected chi connectivity index (χ0v) is 16.4. The number of hydrogen-bond donors (Lipinski definition) is 1. The predicted octanol–water partition coefficient (Wildman–Crippen LogP) is 3.05. The van der Waals surface area contributed by atoms with E-state index < -0.39 is 10.0 Å². The summed E-state index contributed by atoms with van der Waals surface area (Å²) < 4.78 is 29.4. The van der Waals surface area contributed by atoms with Gasteiger partial charge in [0.15, 0.2) is 0 Å². The highest BCUT2D eigenvalue weighted by Gasteiger charge is 2.32. The SMILES string of the molecule is C[C@@H](NC(=O)c1ccc2c(c1)S(=O)(=O)N=C1CCCCCN12)c1ccccn1. The highest BCUT2D eigenvalue weighted by molar-refractivity contribution is 7.90. The number of rotatable bonds is 3. The van der Waals surface area contributed by atoms with Crippen molar-refractivity contribution in [2.45, 2.75) is 43.5 Å². The second-order valence-corrected chi connectivity index (χ2v) is 8.65. The van der Waals surface area contributed by atoms with Crippen LogP contribution in [0.3, 0.4) is 0 Å². The number of nitrogens with zero attached hydrogens (tertiary/aromatic N) is 3. The van der Waals surface area contributed by atoms with E-state index in [1.54, 1.807) is 18.3 Å². The molecule has 1 aromatic heterocycles. The Bertz CT molecular complexity index is 1030. The third-order valence-electron chi connectivity index (χ3n) is 5.09. The molecule has 2 aliphatic heterocycles. The maximum absolute atomic E-state index is 12.7. The van der Waals surface area contributed by atoms with Gasteiger partial charge in [-0.25, -0.2) is 0 Å². The minimum Gasteiger partial charge on any atom is -0.344 e. The molecular weight excluding hydrogens is 376 g/mol. The fourth-order valence-electron chi connectivity index (χ4n) is 3.61. The lowest BCUT2D eigenvalue weighted by molar-refractivity contribution is 0.0939. The maximum atomic E-state index is 12.7. The molecule has 0 bridgehead atoms.